The molecule has 0 aliphatic heterocycles. The van der Waals surface area contributed by atoms with E-state index < -0.39 is 19.8 Å². The summed E-state index contributed by atoms with van der Waals surface area (Å²) in [6.07, 6.45) is 5.69. The Bertz CT molecular complexity index is 85.8. The molecule has 0 aliphatic rings. The molecule has 74 valence electrons. The third-order valence-electron chi connectivity index (χ3n) is 2.54. The van der Waals surface area contributed by atoms with Crippen molar-refractivity contribution in [2.75, 3.05) is 0 Å². The van der Waals surface area contributed by atoms with Crippen molar-refractivity contribution in [1.29, 1.82) is 0 Å². The van der Waals surface area contributed by atoms with Crippen molar-refractivity contribution in [2.24, 2.45) is 0 Å². The molecule has 0 saturated carbocycles. The van der Waals surface area contributed by atoms with E-state index >= 15 is 0 Å². The summed E-state index contributed by atoms with van der Waals surface area (Å²) in [5.41, 5.74) is 0. The quantitative estimate of drug-likeness (QED) is 0.537. The van der Waals surface area contributed by atoms with E-state index in [1.54, 1.807) is 8.87 Å². The van der Waals surface area contributed by atoms with Crippen LogP contribution in [0.1, 0.15) is 46.5 Å². The molecule has 12 heavy (non-hydrogen) atoms. The molecule has 1 unspecified atom stereocenters. The number of rotatable bonds is 7. The van der Waals surface area contributed by atoms with Gasteiger partial charge in [-0.25, -0.2) is 0 Å². The minimum absolute atomic E-state index is 0.796. The molecule has 0 spiro atoms. The van der Waals surface area contributed by atoms with Crippen LogP contribution in [-0.2, 0) is 0 Å². The van der Waals surface area contributed by atoms with Gasteiger partial charge in [0.15, 0.2) is 0 Å². The first kappa shape index (κ1) is 13.1. The molecular formula is C10H24SSn. The molecule has 0 aromatic rings. The summed E-state index contributed by atoms with van der Waals surface area (Å²) in [5, 5.41) is 0. The van der Waals surface area contributed by atoms with Gasteiger partial charge in [-0.15, -0.1) is 0 Å². The Balaban J connectivity index is 3.55. The summed E-state index contributed by atoms with van der Waals surface area (Å²) in [6, 6.07) is 0. The predicted octanol–water partition coefficient (Wildman–Crippen LogP) is 3.67. The van der Waals surface area contributed by atoms with Gasteiger partial charge in [-0.05, 0) is 0 Å². The summed E-state index contributed by atoms with van der Waals surface area (Å²) in [7, 11) is 0. The average molecular weight is 295 g/mol. The monoisotopic (exact) mass is 296 g/mol. The van der Waals surface area contributed by atoms with Crippen molar-refractivity contribution in [3.05, 3.63) is 0 Å². The molecule has 0 fully saturated rings. The third kappa shape index (κ3) is 6.64. The average Bonchev–Trinajstić information content (AvgIpc) is 2.04. The van der Waals surface area contributed by atoms with Gasteiger partial charge < -0.3 is 0 Å². The first-order valence-electron chi connectivity index (χ1n) is 5.40. The molecule has 0 radical (unpaired) electrons. The first-order chi connectivity index (χ1) is 5.72. The molecule has 0 saturated heterocycles. The summed E-state index contributed by atoms with van der Waals surface area (Å²) in [6.45, 7) is 6.92. The van der Waals surface area contributed by atoms with E-state index in [9.17, 15) is 0 Å². The van der Waals surface area contributed by atoms with Crippen molar-refractivity contribution in [3.8, 4) is 0 Å². The summed E-state index contributed by atoms with van der Waals surface area (Å²) in [5.74, 6) is 0. The molecule has 0 amide bonds. The number of hydrogen-bond acceptors (Lipinski definition) is 1. The normalized spacial score (nSPS) is 13.8. The summed E-state index contributed by atoms with van der Waals surface area (Å²) >= 11 is 3.47. The Labute approximate surface area is 90.7 Å². The van der Waals surface area contributed by atoms with Crippen LogP contribution < -0.4 is 0 Å². The van der Waals surface area contributed by atoms with Crippen LogP contribution in [0.25, 0.3) is 0 Å². The standard InChI is InChI=1S/2C4H9.C2H5S.Sn.H/c2*1-3-4-2;1-2-3;;/h2*1,3-4H2,2H3;2-3H,1H3;;. The van der Waals surface area contributed by atoms with Gasteiger partial charge in [-0.1, -0.05) is 0 Å². The van der Waals surface area contributed by atoms with Crippen LogP contribution in [0.3, 0.4) is 0 Å². The SMILES string of the molecule is CCC[CH2][SnH]([CH2]CCC)[CH](C)S. The zero-order valence-electron chi connectivity index (χ0n) is 8.84. The van der Waals surface area contributed by atoms with Gasteiger partial charge in [-0.3, -0.25) is 0 Å². The molecule has 2 heteroatoms. The van der Waals surface area contributed by atoms with E-state index in [0.29, 0.717) is 0 Å². The zero-order valence-corrected chi connectivity index (χ0v) is 13.0. The van der Waals surface area contributed by atoms with Crippen LogP contribution in [0.15, 0.2) is 0 Å². The van der Waals surface area contributed by atoms with Crippen molar-refractivity contribution in [2.45, 2.75) is 58.6 Å². The van der Waals surface area contributed by atoms with Crippen LogP contribution in [0.2, 0.25) is 8.87 Å². The Morgan fingerprint density at radius 3 is 1.75 bits per heavy atom. The fourth-order valence-corrected chi connectivity index (χ4v) is 12.5. The molecule has 0 N–H and O–H groups in total. The molecule has 1 atom stereocenters. The molecule has 0 aromatic heterocycles. The Hall–Kier alpha value is 1.15. The minimum atomic E-state index is -1.16. The van der Waals surface area contributed by atoms with Crippen molar-refractivity contribution in [3.63, 3.8) is 0 Å². The van der Waals surface area contributed by atoms with E-state index in [-0.39, 0.29) is 0 Å². The van der Waals surface area contributed by atoms with Crippen molar-refractivity contribution >= 4 is 32.4 Å². The van der Waals surface area contributed by atoms with Crippen LogP contribution >= 0.6 is 12.6 Å². The molecule has 0 aliphatic carbocycles. The summed E-state index contributed by atoms with van der Waals surface area (Å²) < 4.78 is 3.97. The van der Waals surface area contributed by atoms with Gasteiger partial charge in [0.2, 0.25) is 0 Å². The Morgan fingerprint density at radius 1 is 1.08 bits per heavy atom. The first-order valence-corrected chi connectivity index (χ1v) is 12.5. The fraction of sp³-hybridized carbons (Fsp3) is 1.00. The molecular weight excluding hydrogens is 271 g/mol. The van der Waals surface area contributed by atoms with Crippen LogP contribution in [-0.4, -0.2) is 23.0 Å². The second kappa shape index (κ2) is 8.73. The second-order valence-corrected chi connectivity index (χ2v) is 16.7. The van der Waals surface area contributed by atoms with E-state index in [1.807, 2.05) is 0 Å². The van der Waals surface area contributed by atoms with Crippen molar-refractivity contribution in [1.82, 2.24) is 0 Å². The number of thiol groups is 1. The fourth-order valence-electron chi connectivity index (χ4n) is 1.56. The molecule has 0 bridgehead atoms. The number of hydrogen-bond donors (Lipinski definition) is 1. The van der Waals surface area contributed by atoms with Crippen LogP contribution in [0.5, 0.6) is 0 Å². The zero-order chi connectivity index (χ0) is 9.40. The Kier molecular flexibility index (Phi) is 9.57. The summed E-state index contributed by atoms with van der Waals surface area (Å²) in [4.78, 5) is 0. The van der Waals surface area contributed by atoms with Crippen molar-refractivity contribution < 1.29 is 0 Å². The van der Waals surface area contributed by atoms with Gasteiger partial charge in [0, 0.05) is 0 Å². The van der Waals surface area contributed by atoms with Gasteiger partial charge in [0.05, 0.1) is 0 Å². The van der Waals surface area contributed by atoms with Gasteiger partial charge in [0.25, 0.3) is 0 Å². The van der Waals surface area contributed by atoms with E-state index in [0.717, 1.165) is 3.27 Å². The van der Waals surface area contributed by atoms with Gasteiger partial charge in [-0.2, -0.15) is 0 Å². The molecule has 0 heterocycles. The topological polar surface area (TPSA) is 0 Å². The number of unbranched alkanes of at least 4 members (excludes halogenated alkanes) is 2. The molecule has 0 nitrogen and oxygen atoms in total. The van der Waals surface area contributed by atoms with Crippen LogP contribution in [0.4, 0.5) is 0 Å². The second-order valence-electron chi connectivity index (χ2n) is 3.79. The maximum atomic E-state index is 4.63. The molecule has 0 rings (SSSR count). The predicted molar refractivity (Wildman–Crippen MR) is 65.0 cm³/mol. The van der Waals surface area contributed by atoms with Gasteiger partial charge in [0.1, 0.15) is 0 Å². The van der Waals surface area contributed by atoms with Crippen LogP contribution in [0, 0.1) is 0 Å². The maximum absolute atomic E-state index is 4.63. The Morgan fingerprint density at radius 2 is 1.50 bits per heavy atom. The van der Waals surface area contributed by atoms with E-state index in [1.165, 1.54) is 25.7 Å². The van der Waals surface area contributed by atoms with Gasteiger partial charge >= 0.3 is 91.0 Å². The molecule has 0 aromatic carbocycles. The van der Waals surface area contributed by atoms with E-state index in [2.05, 4.69) is 33.4 Å². The third-order valence-corrected chi connectivity index (χ3v) is 15.8. The van der Waals surface area contributed by atoms with E-state index in [4.69, 9.17) is 0 Å².